The van der Waals surface area contributed by atoms with Gasteiger partial charge in [-0.15, -0.1) is 0 Å². The van der Waals surface area contributed by atoms with E-state index >= 15 is 0 Å². The zero-order chi connectivity index (χ0) is 17.2. The van der Waals surface area contributed by atoms with E-state index in [1.54, 1.807) is 4.90 Å². The number of rotatable bonds is 3. The summed E-state index contributed by atoms with van der Waals surface area (Å²) < 4.78 is 5.42. The maximum Gasteiger partial charge on any atom is 0.410 e. The molecule has 5 heteroatoms. The first-order valence-corrected chi connectivity index (χ1v) is 8.78. The van der Waals surface area contributed by atoms with Gasteiger partial charge in [-0.25, -0.2) is 4.79 Å². The van der Waals surface area contributed by atoms with Crippen LogP contribution in [0.3, 0.4) is 0 Å². The molecule has 130 valence electrons. The third kappa shape index (κ3) is 3.25. The van der Waals surface area contributed by atoms with Crippen LogP contribution in [0.2, 0.25) is 0 Å². The molecule has 2 heterocycles. The Kier molecular flexibility index (Phi) is 4.78. The molecule has 0 saturated carbocycles. The largest absolute Gasteiger partial charge is 0.445 e. The number of nitrogens with zero attached hydrogens (tertiary/aromatic N) is 2. The van der Waals surface area contributed by atoms with E-state index < -0.39 is 5.41 Å². The maximum atomic E-state index is 12.9. The number of amides is 2. The van der Waals surface area contributed by atoms with Gasteiger partial charge in [0.25, 0.3) is 0 Å². The van der Waals surface area contributed by atoms with Crippen LogP contribution in [0.1, 0.15) is 38.7 Å². The Morgan fingerprint density at radius 2 is 1.96 bits per heavy atom. The Morgan fingerprint density at radius 1 is 1.21 bits per heavy atom. The molecule has 0 aliphatic carbocycles. The summed E-state index contributed by atoms with van der Waals surface area (Å²) in [4.78, 5) is 28.9. The highest BCUT2D eigenvalue weighted by Gasteiger charge is 2.50. The molecule has 1 atom stereocenters. The molecule has 1 aromatic carbocycles. The van der Waals surface area contributed by atoms with Crippen molar-refractivity contribution < 1.29 is 14.3 Å². The van der Waals surface area contributed by atoms with Gasteiger partial charge in [-0.05, 0) is 38.7 Å². The molecule has 3 rings (SSSR count). The first-order chi connectivity index (χ1) is 11.5. The average molecular weight is 330 g/mol. The maximum absolute atomic E-state index is 12.9. The van der Waals surface area contributed by atoms with E-state index in [1.807, 2.05) is 35.2 Å². The molecule has 0 bridgehead atoms. The number of carbonyl (C=O) groups excluding carboxylic acids is 2. The fourth-order valence-electron chi connectivity index (χ4n) is 3.81. The number of hydrogen-bond donors (Lipinski definition) is 0. The van der Waals surface area contributed by atoms with Gasteiger partial charge in [-0.2, -0.15) is 0 Å². The van der Waals surface area contributed by atoms with Gasteiger partial charge in [0.15, 0.2) is 0 Å². The molecular weight excluding hydrogens is 304 g/mol. The lowest BCUT2D eigenvalue weighted by atomic mass is 9.78. The van der Waals surface area contributed by atoms with Crippen LogP contribution >= 0.6 is 0 Å². The molecule has 5 nitrogen and oxygen atoms in total. The van der Waals surface area contributed by atoms with Gasteiger partial charge < -0.3 is 14.5 Å². The molecule has 0 unspecified atom stereocenters. The van der Waals surface area contributed by atoms with Gasteiger partial charge in [0.2, 0.25) is 5.91 Å². The van der Waals surface area contributed by atoms with E-state index in [0.29, 0.717) is 13.1 Å². The van der Waals surface area contributed by atoms with Crippen LogP contribution in [-0.2, 0) is 16.1 Å². The van der Waals surface area contributed by atoms with Gasteiger partial charge in [0, 0.05) is 25.7 Å². The fourth-order valence-corrected chi connectivity index (χ4v) is 3.81. The number of carbonyl (C=O) groups is 2. The second-order valence-electron chi connectivity index (χ2n) is 7.19. The number of benzene rings is 1. The highest BCUT2D eigenvalue weighted by atomic mass is 16.6. The minimum atomic E-state index is -0.395. The highest BCUT2D eigenvalue weighted by molar-refractivity contribution is 5.85. The Hall–Kier alpha value is -2.04. The molecule has 1 spiro atoms. The predicted octanol–water partition coefficient (Wildman–Crippen LogP) is 3.05. The Balaban J connectivity index is 1.60. The summed E-state index contributed by atoms with van der Waals surface area (Å²) >= 11 is 0. The molecule has 1 aromatic rings. The van der Waals surface area contributed by atoms with E-state index in [9.17, 15) is 9.59 Å². The predicted molar refractivity (Wildman–Crippen MR) is 91.3 cm³/mol. The number of ether oxygens (including phenoxy) is 1. The van der Waals surface area contributed by atoms with Gasteiger partial charge in [0.05, 0.1) is 5.41 Å². The molecule has 0 aromatic heterocycles. The Bertz CT molecular complexity index is 602. The van der Waals surface area contributed by atoms with Crippen LogP contribution in [0.4, 0.5) is 4.79 Å². The summed E-state index contributed by atoms with van der Waals surface area (Å²) in [5, 5.41) is 0. The van der Waals surface area contributed by atoms with Crippen LogP contribution in [0, 0.1) is 5.41 Å². The van der Waals surface area contributed by atoms with Crippen molar-refractivity contribution >= 4 is 12.0 Å². The lowest BCUT2D eigenvalue weighted by Crippen LogP contribution is -2.52. The van der Waals surface area contributed by atoms with Crippen molar-refractivity contribution in [2.24, 2.45) is 5.41 Å². The third-order valence-corrected chi connectivity index (χ3v) is 5.21. The number of hydrogen-bond acceptors (Lipinski definition) is 3. The van der Waals surface area contributed by atoms with Gasteiger partial charge in [-0.3, -0.25) is 4.79 Å². The quantitative estimate of drug-likeness (QED) is 0.856. The van der Waals surface area contributed by atoms with Gasteiger partial charge >= 0.3 is 6.09 Å². The molecule has 2 fully saturated rings. The second kappa shape index (κ2) is 6.83. The van der Waals surface area contributed by atoms with Crippen LogP contribution in [-0.4, -0.2) is 47.5 Å². The number of likely N-dealkylation sites (tertiary alicyclic amines) is 2. The molecule has 0 radical (unpaired) electrons. The van der Waals surface area contributed by atoms with Crippen molar-refractivity contribution in [3.05, 3.63) is 35.9 Å². The summed E-state index contributed by atoms with van der Waals surface area (Å²) in [5.41, 5.74) is 0.577. The minimum absolute atomic E-state index is 0.210. The van der Waals surface area contributed by atoms with E-state index in [-0.39, 0.29) is 24.6 Å². The number of piperidine rings is 1. The average Bonchev–Trinajstić information content (AvgIpc) is 3.01. The lowest BCUT2D eigenvalue weighted by Gasteiger charge is -2.41. The lowest BCUT2D eigenvalue weighted by molar-refractivity contribution is -0.147. The highest BCUT2D eigenvalue weighted by Crippen LogP contribution is 2.40. The summed E-state index contributed by atoms with van der Waals surface area (Å²) in [7, 11) is 0. The normalized spacial score (nSPS) is 24.0. The second-order valence-corrected chi connectivity index (χ2v) is 7.19. The van der Waals surface area contributed by atoms with E-state index in [2.05, 4.69) is 13.8 Å². The molecule has 24 heavy (non-hydrogen) atoms. The monoisotopic (exact) mass is 330 g/mol. The van der Waals surface area contributed by atoms with Gasteiger partial charge in [-0.1, -0.05) is 30.3 Å². The first-order valence-electron chi connectivity index (χ1n) is 8.78. The molecule has 0 N–H and O–H groups in total. The summed E-state index contributed by atoms with van der Waals surface area (Å²) in [6, 6.07) is 9.87. The summed E-state index contributed by atoms with van der Waals surface area (Å²) in [6.45, 7) is 6.30. The molecule has 2 aliphatic rings. The third-order valence-electron chi connectivity index (χ3n) is 5.21. The molecule has 2 amide bonds. The van der Waals surface area contributed by atoms with E-state index in [4.69, 9.17) is 4.74 Å². The van der Waals surface area contributed by atoms with E-state index in [1.165, 1.54) is 0 Å². The zero-order valence-corrected chi connectivity index (χ0v) is 14.5. The van der Waals surface area contributed by atoms with Crippen LogP contribution < -0.4 is 0 Å². The standard InChI is InChI=1S/C19H26N2O3/c1-15(2)21-11-6-9-19(17(21)22)10-12-20(14-19)18(23)24-13-16-7-4-3-5-8-16/h3-5,7-8,15H,6,9-14H2,1-2H3/t19-/m1/s1. The zero-order valence-electron chi connectivity index (χ0n) is 14.5. The fraction of sp³-hybridized carbons (Fsp3) is 0.579. The van der Waals surface area contributed by atoms with Gasteiger partial charge in [0.1, 0.15) is 6.61 Å². The molecule has 2 aliphatic heterocycles. The Labute approximate surface area is 143 Å². The summed E-state index contributed by atoms with van der Waals surface area (Å²) in [6.07, 6.45) is 2.31. The first kappa shape index (κ1) is 16.8. The topological polar surface area (TPSA) is 49.9 Å². The molecular formula is C19H26N2O3. The smallest absolute Gasteiger partial charge is 0.410 e. The van der Waals surface area contributed by atoms with Crippen molar-refractivity contribution in [1.29, 1.82) is 0 Å². The van der Waals surface area contributed by atoms with Crippen molar-refractivity contribution in [3.8, 4) is 0 Å². The SMILES string of the molecule is CC(C)N1CCC[C@]2(CCN(C(=O)OCc3ccccc3)C2)C1=O. The van der Waals surface area contributed by atoms with Crippen LogP contribution in [0.15, 0.2) is 30.3 Å². The van der Waals surface area contributed by atoms with Crippen molar-refractivity contribution in [2.45, 2.75) is 45.8 Å². The van der Waals surface area contributed by atoms with Crippen molar-refractivity contribution in [2.75, 3.05) is 19.6 Å². The van der Waals surface area contributed by atoms with Crippen molar-refractivity contribution in [1.82, 2.24) is 9.80 Å². The summed E-state index contributed by atoms with van der Waals surface area (Å²) in [5.74, 6) is 0.210. The Morgan fingerprint density at radius 3 is 2.67 bits per heavy atom. The van der Waals surface area contributed by atoms with Crippen molar-refractivity contribution in [3.63, 3.8) is 0 Å². The van der Waals surface area contributed by atoms with Crippen LogP contribution in [0.5, 0.6) is 0 Å². The minimum Gasteiger partial charge on any atom is -0.445 e. The molecule has 2 saturated heterocycles. The van der Waals surface area contributed by atoms with E-state index in [0.717, 1.165) is 31.4 Å². The van der Waals surface area contributed by atoms with Crippen LogP contribution in [0.25, 0.3) is 0 Å².